The van der Waals surface area contributed by atoms with Crippen LogP contribution in [0.2, 0.25) is 10.0 Å². The molecule has 2 aromatic carbocycles. The van der Waals surface area contributed by atoms with Crippen LogP contribution >= 0.6 is 23.2 Å². The first-order chi connectivity index (χ1) is 22.3. The summed E-state index contributed by atoms with van der Waals surface area (Å²) in [5.74, 6) is 0.738. The van der Waals surface area contributed by atoms with Crippen LogP contribution in [0.1, 0.15) is 49.7 Å². The minimum Gasteiger partial charge on any atom is -0.360 e. The lowest BCUT2D eigenvalue weighted by Crippen LogP contribution is -2.35. The molecule has 0 radical (unpaired) electrons. The first kappa shape index (κ1) is 30.6. The SMILES string of the molecule is O=C1N[C@H](Cc2c[nH]c3c(Cl)cccc23)C(=O)N1CC1CC1.O=C1N[C@H](Cc2c[nH]c3c(Cl)cccc23)C(=O)N1CC1CCCC1. The van der Waals surface area contributed by atoms with Crippen molar-refractivity contribution in [1.29, 1.82) is 0 Å². The molecule has 0 bridgehead atoms. The molecule has 2 aliphatic heterocycles. The minimum absolute atomic E-state index is 0.108. The number of H-pyrrole nitrogens is 2. The van der Waals surface area contributed by atoms with Gasteiger partial charge in [-0.2, -0.15) is 0 Å². The summed E-state index contributed by atoms with van der Waals surface area (Å²) in [7, 11) is 0. The van der Waals surface area contributed by atoms with E-state index in [-0.39, 0.29) is 23.9 Å². The summed E-state index contributed by atoms with van der Waals surface area (Å²) in [6, 6.07) is 9.89. The molecule has 12 heteroatoms. The number of hydrogen-bond acceptors (Lipinski definition) is 4. The molecule has 10 nitrogen and oxygen atoms in total. The average Bonchev–Trinajstić information content (AvgIpc) is 3.39. The summed E-state index contributed by atoms with van der Waals surface area (Å²) in [5, 5.41) is 8.93. The number of amides is 6. The van der Waals surface area contributed by atoms with Gasteiger partial charge in [-0.25, -0.2) is 9.59 Å². The van der Waals surface area contributed by atoms with E-state index >= 15 is 0 Å². The molecule has 8 rings (SSSR count). The molecule has 4 aromatic rings. The van der Waals surface area contributed by atoms with Crippen molar-refractivity contribution >= 4 is 68.9 Å². The van der Waals surface area contributed by atoms with E-state index in [2.05, 4.69) is 20.6 Å². The van der Waals surface area contributed by atoms with Crippen molar-refractivity contribution in [1.82, 2.24) is 30.4 Å². The number of para-hydroxylation sites is 2. The molecular weight excluding hydrogens is 627 g/mol. The highest BCUT2D eigenvalue weighted by molar-refractivity contribution is 6.35. The number of carbonyl (C=O) groups excluding carboxylic acids is 4. The number of nitrogens with zero attached hydrogens (tertiary/aromatic N) is 2. The largest absolute Gasteiger partial charge is 0.360 e. The molecule has 2 saturated heterocycles. The smallest absolute Gasteiger partial charge is 0.324 e. The van der Waals surface area contributed by atoms with Crippen molar-refractivity contribution in [3.05, 3.63) is 70.0 Å². The third-order valence-corrected chi connectivity index (χ3v) is 10.2. The van der Waals surface area contributed by atoms with E-state index in [9.17, 15) is 19.2 Å². The zero-order valence-electron chi connectivity index (χ0n) is 25.3. The zero-order valence-corrected chi connectivity index (χ0v) is 26.8. The van der Waals surface area contributed by atoms with Crippen LogP contribution in [0.15, 0.2) is 48.8 Å². The van der Waals surface area contributed by atoms with Crippen molar-refractivity contribution in [2.45, 2.75) is 63.5 Å². The van der Waals surface area contributed by atoms with Gasteiger partial charge in [-0.1, -0.05) is 60.3 Å². The van der Waals surface area contributed by atoms with Crippen LogP contribution in [0.25, 0.3) is 21.8 Å². The molecule has 0 spiro atoms. The number of nitrogens with one attached hydrogen (secondary N) is 4. The third kappa shape index (κ3) is 6.08. The number of fused-ring (bicyclic) bond motifs is 2. The summed E-state index contributed by atoms with van der Waals surface area (Å²) < 4.78 is 0. The van der Waals surface area contributed by atoms with Crippen LogP contribution in [-0.2, 0) is 22.4 Å². The van der Waals surface area contributed by atoms with Gasteiger partial charge in [0.2, 0.25) is 0 Å². The van der Waals surface area contributed by atoms with Gasteiger partial charge in [0.15, 0.2) is 0 Å². The van der Waals surface area contributed by atoms with Gasteiger partial charge < -0.3 is 20.6 Å². The maximum Gasteiger partial charge on any atom is 0.324 e. The first-order valence-electron chi connectivity index (χ1n) is 16.0. The number of carbonyl (C=O) groups is 4. The van der Waals surface area contributed by atoms with Gasteiger partial charge in [-0.15, -0.1) is 0 Å². The van der Waals surface area contributed by atoms with E-state index in [1.54, 1.807) is 0 Å². The minimum atomic E-state index is -0.489. The molecule has 4 heterocycles. The zero-order chi connectivity index (χ0) is 31.9. The summed E-state index contributed by atoms with van der Waals surface area (Å²) in [5.41, 5.74) is 3.72. The van der Waals surface area contributed by atoms with Crippen molar-refractivity contribution in [3.8, 4) is 0 Å². The van der Waals surface area contributed by atoms with E-state index in [0.717, 1.165) is 58.6 Å². The Morgan fingerprint density at radius 1 is 0.630 bits per heavy atom. The quantitative estimate of drug-likeness (QED) is 0.168. The molecule has 2 aliphatic carbocycles. The Hall–Kier alpha value is -4.02. The first-order valence-corrected chi connectivity index (χ1v) is 16.7. The maximum absolute atomic E-state index is 12.6. The Morgan fingerprint density at radius 2 is 1.07 bits per heavy atom. The third-order valence-electron chi connectivity index (χ3n) is 9.62. The Labute approximate surface area is 276 Å². The van der Waals surface area contributed by atoms with E-state index in [1.165, 1.54) is 22.6 Å². The highest BCUT2D eigenvalue weighted by Gasteiger charge is 2.41. The second-order valence-corrected chi connectivity index (χ2v) is 13.7. The molecule has 46 heavy (non-hydrogen) atoms. The van der Waals surface area contributed by atoms with Crippen molar-refractivity contribution in [2.75, 3.05) is 13.1 Å². The number of aromatic amines is 2. The molecule has 0 unspecified atom stereocenters. The van der Waals surface area contributed by atoms with Crippen LogP contribution in [-0.4, -0.2) is 68.8 Å². The highest BCUT2D eigenvalue weighted by Crippen LogP contribution is 2.32. The number of hydrogen-bond donors (Lipinski definition) is 4. The summed E-state index contributed by atoms with van der Waals surface area (Å²) >= 11 is 12.3. The molecule has 4 N–H and O–H groups in total. The number of halogens is 2. The monoisotopic (exact) mass is 662 g/mol. The lowest BCUT2D eigenvalue weighted by molar-refractivity contribution is -0.128. The molecule has 240 valence electrons. The molecule has 2 saturated carbocycles. The number of urea groups is 2. The second kappa shape index (κ2) is 12.6. The maximum atomic E-state index is 12.6. The second-order valence-electron chi connectivity index (χ2n) is 12.9. The summed E-state index contributed by atoms with van der Waals surface area (Å²) in [4.78, 5) is 58.3. The predicted molar refractivity (Wildman–Crippen MR) is 177 cm³/mol. The van der Waals surface area contributed by atoms with Gasteiger partial charge >= 0.3 is 12.1 Å². The highest BCUT2D eigenvalue weighted by atomic mass is 35.5. The van der Waals surface area contributed by atoms with Crippen molar-refractivity contribution in [3.63, 3.8) is 0 Å². The van der Waals surface area contributed by atoms with Crippen LogP contribution in [0, 0.1) is 11.8 Å². The molecule has 2 atom stereocenters. The van der Waals surface area contributed by atoms with Gasteiger partial charge in [0.25, 0.3) is 11.8 Å². The molecule has 6 amide bonds. The Balaban J connectivity index is 0.000000147. The van der Waals surface area contributed by atoms with Gasteiger partial charge in [0.05, 0.1) is 21.1 Å². The van der Waals surface area contributed by atoms with E-state index < -0.39 is 12.1 Å². The topological polar surface area (TPSA) is 130 Å². The fourth-order valence-electron chi connectivity index (χ4n) is 6.91. The Kier molecular flexibility index (Phi) is 8.42. The summed E-state index contributed by atoms with van der Waals surface area (Å²) in [6.07, 6.45) is 11.5. The van der Waals surface area contributed by atoms with Crippen LogP contribution in [0.5, 0.6) is 0 Å². The predicted octanol–water partition coefficient (Wildman–Crippen LogP) is 6.17. The standard InChI is InChI=1S/C18H20ClN3O2.C16H16ClN3O2/c19-14-7-3-6-13-12(9-20-16(13)14)8-15-17(23)22(18(24)21-15)10-11-4-1-2-5-11;17-12-3-1-2-11-10(7-18-14(11)12)6-13-15(21)20(16(22)19-13)8-9-4-5-9/h3,6-7,9,11,15,20H,1-2,4-5,8,10H2,(H,21,24);1-3,7,9,13,18H,4-6,8H2,(H,19,22)/t15-;13-/m11/s1. The van der Waals surface area contributed by atoms with Crippen LogP contribution in [0.4, 0.5) is 9.59 Å². The average molecular weight is 664 g/mol. The van der Waals surface area contributed by atoms with E-state index in [4.69, 9.17) is 23.2 Å². The van der Waals surface area contributed by atoms with E-state index in [1.807, 2.05) is 48.8 Å². The fraction of sp³-hybridized carbons (Fsp3) is 0.412. The van der Waals surface area contributed by atoms with Crippen molar-refractivity contribution in [2.24, 2.45) is 11.8 Å². The molecule has 4 aliphatic rings. The molecule has 2 aromatic heterocycles. The lowest BCUT2D eigenvalue weighted by Gasteiger charge is -2.17. The van der Waals surface area contributed by atoms with Gasteiger partial charge in [-0.05, 0) is 60.8 Å². The normalized spacial score (nSPS) is 21.8. The Bertz CT molecular complexity index is 1820. The Morgan fingerprint density at radius 3 is 1.50 bits per heavy atom. The number of aromatic nitrogens is 2. The molecular formula is C34H36Cl2N6O4. The number of rotatable bonds is 8. The number of benzene rings is 2. The summed E-state index contributed by atoms with van der Waals surface area (Å²) in [6.45, 7) is 1.11. The van der Waals surface area contributed by atoms with Crippen molar-refractivity contribution < 1.29 is 19.2 Å². The number of imide groups is 2. The van der Waals surface area contributed by atoms with Gasteiger partial charge in [-0.3, -0.25) is 19.4 Å². The van der Waals surface area contributed by atoms with Gasteiger partial charge in [0.1, 0.15) is 12.1 Å². The molecule has 4 fully saturated rings. The fourth-order valence-corrected chi connectivity index (χ4v) is 7.37. The van der Waals surface area contributed by atoms with Crippen LogP contribution < -0.4 is 10.6 Å². The van der Waals surface area contributed by atoms with E-state index in [0.29, 0.717) is 47.8 Å². The van der Waals surface area contributed by atoms with Gasteiger partial charge in [0, 0.05) is 49.1 Å². The van der Waals surface area contributed by atoms with Crippen LogP contribution in [0.3, 0.4) is 0 Å². The lowest BCUT2D eigenvalue weighted by atomic mass is 10.0.